The molecule has 108 valence electrons. The third-order valence-corrected chi connectivity index (χ3v) is 2.61. The summed E-state index contributed by atoms with van der Waals surface area (Å²) < 4.78 is 0. The van der Waals surface area contributed by atoms with Gasteiger partial charge in [-0.1, -0.05) is 18.2 Å². The molecule has 6 heteroatoms. The monoisotopic (exact) mass is 278 g/mol. The average molecular weight is 278 g/mol. The number of hydrogen-bond acceptors (Lipinski definition) is 4. The van der Waals surface area contributed by atoms with Crippen LogP contribution in [0.1, 0.15) is 0 Å². The van der Waals surface area contributed by atoms with Crippen LogP contribution in [0.2, 0.25) is 0 Å². The first-order valence-electron chi connectivity index (χ1n) is 6.24. The molecule has 0 unspecified atom stereocenters. The second-order valence-corrected chi connectivity index (χ2v) is 4.08. The second-order valence-electron chi connectivity index (χ2n) is 4.08. The van der Waals surface area contributed by atoms with Crippen LogP contribution in [0.3, 0.4) is 0 Å². The number of nitrogens with zero attached hydrogens (tertiary/aromatic N) is 1. The number of aliphatic carboxylic acids is 2. The lowest BCUT2D eigenvalue weighted by Crippen LogP contribution is -2.43. The summed E-state index contributed by atoms with van der Waals surface area (Å²) in [5.74, 6) is -2.51. The molecule has 1 saturated heterocycles. The molecule has 1 heterocycles. The first kappa shape index (κ1) is 15.7. The van der Waals surface area contributed by atoms with Crippen molar-refractivity contribution in [3.05, 3.63) is 42.5 Å². The number of nitrogens with one attached hydrogen (secondary N) is 1. The van der Waals surface area contributed by atoms with Gasteiger partial charge >= 0.3 is 11.9 Å². The van der Waals surface area contributed by atoms with Gasteiger partial charge in [0.1, 0.15) is 0 Å². The van der Waals surface area contributed by atoms with Crippen LogP contribution in [-0.4, -0.2) is 48.3 Å². The molecule has 3 N–H and O–H groups in total. The Labute approximate surface area is 117 Å². The molecule has 1 fully saturated rings. The Kier molecular flexibility index (Phi) is 6.84. The summed E-state index contributed by atoms with van der Waals surface area (Å²) in [5, 5.41) is 19.0. The zero-order valence-corrected chi connectivity index (χ0v) is 11.0. The molecular weight excluding hydrogens is 260 g/mol. The van der Waals surface area contributed by atoms with E-state index in [9.17, 15) is 9.59 Å². The van der Waals surface area contributed by atoms with Crippen molar-refractivity contribution in [1.82, 2.24) is 5.32 Å². The van der Waals surface area contributed by atoms with Crippen molar-refractivity contribution in [2.24, 2.45) is 0 Å². The number of para-hydroxylation sites is 1. The van der Waals surface area contributed by atoms with Gasteiger partial charge in [0, 0.05) is 44.0 Å². The molecule has 0 bridgehead atoms. The third kappa shape index (κ3) is 6.55. The highest BCUT2D eigenvalue weighted by molar-refractivity contribution is 5.89. The largest absolute Gasteiger partial charge is 0.478 e. The second kappa shape index (κ2) is 8.71. The van der Waals surface area contributed by atoms with Crippen molar-refractivity contribution in [2.75, 3.05) is 31.1 Å². The van der Waals surface area contributed by atoms with Gasteiger partial charge in [-0.25, -0.2) is 9.59 Å². The lowest BCUT2D eigenvalue weighted by molar-refractivity contribution is -0.134. The van der Waals surface area contributed by atoms with Crippen LogP contribution in [-0.2, 0) is 9.59 Å². The zero-order chi connectivity index (χ0) is 14.8. The molecule has 0 saturated carbocycles. The van der Waals surface area contributed by atoms with E-state index in [0.717, 1.165) is 26.2 Å². The quantitative estimate of drug-likeness (QED) is 0.709. The Morgan fingerprint density at radius 1 is 1.00 bits per heavy atom. The highest BCUT2D eigenvalue weighted by Gasteiger charge is 2.08. The molecule has 0 aliphatic carbocycles. The van der Waals surface area contributed by atoms with Crippen molar-refractivity contribution in [3.63, 3.8) is 0 Å². The van der Waals surface area contributed by atoms with Crippen LogP contribution < -0.4 is 10.2 Å². The van der Waals surface area contributed by atoms with Gasteiger partial charge in [0.25, 0.3) is 0 Å². The Morgan fingerprint density at radius 2 is 1.50 bits per heavy atom. The molecular formula is C14H18N2O4. The van der Waals surface area contributed by atoms with Crippen molar-refractivity contribution in [1.29, 1.82) is 0 Å². The van der Waals surface area contributed by atoms with Crippen LogP contribution in [0.15, 0.2) is 42.5 Å². The van der Waals surface area contributed by atoms with Gasteiger partial charge in [-0.3, -0.25) is 0 Å². The van der Waals surface area contributed by atoms with Gasteiger partial charge in [0.15, 0.2) is 0 Å². The van der Waals surface area contributed by atoms with E-state index in [1.54, 1.807) is 0 Å². The van der Waals surface area contributed by atoms with Crippen molar-refractivity contribution >= 4 is 17.6 Å². The molecule has 0 spiro atoms. The number of anilines is 1. The van der Waals surface area contributed by atoms with Gasteiger partial charge in [0.2, 0.25) is 0 Å². The van der Waals surface area contributed by atoms with E-state index in [1.807, 2.05) is 0 Å². The Bertz CT molecular complexity index is 438. The maximum absolute atomic E-state index is 9.55. The van der Waals surface area contributed by atoms with Crippen molar-refractivity contribution in [2.45, 2.75) is 0 Å². The van der Waals surface area contributed by atoms with Crippen molar-refractivity contribution in [3.8, 4) is 0 Å². The first-order chi connectivity index (χ1) is 9.59. The summed E-state index contributed by atoms with van der Waals surface area (Å²) in [4.78, 5) is 21.5. The van der Waals surface area contributed by atoms with Gasteiger partial charge in [-0.2, -0.15) is 0 Å². The highest BCUT2D eigenvalue weighted by Crippen LogP contribution is 2.12. The van der Waals surface area contributed by atoms with E-state index in [-0.39, 0.29) is 0 Å². The van der Waals surface area contributed by atoms with Gasteiger partial charge in [0.05, 0.1) is 0 Å². The fourth-order valence-electron chi connectivity index (χ4n) is 1.70. The maximum atomic E-state index is 9.55. The predicted molar refractivity (Wildman–Crippen MR) is 75.9 cm³/mol. The summed E-state index contributed by atoms with van der Waals surface area (Å²) in [6, 6.07) is 10.6. The summed E-state index contributed by atoms with van der Waals surface area (Å²) >= 11 is 0. The predicted octanol–water partition coefficient (Wildman–Crippen LogP) is 0.808. The van der Waals surface area contributed by atoms with Crippen LogP contribution in [0.4, 0.5) is 5.69 Å². The average Bonchev–Trinajstić information content (AvgIpc) is 2.48. The summed E-state index contributed by atoms with van der Waals surface area (Å²) in [6.07, 6.45) is 1.12. The summed E-state index contributed by atoms with van der Waals surface area (Å²) in [7, 11) is 0. The number of carbonyl (C=O) groups is 2. The fourth-order valence-corrected chi connectivity index (χ4v) is 1.70. The number of carboxylic acids is 2. The minimum atomic E-state index is -1.26. The normalized spacial score (nSPS) is 14.5. The fraction of sp³-hybridized carbons (Fsp3) is 0.286. The molecule has 20 heavy (non-hydrogen) atoms. The molecule has 0 amide bonds. The van der Waals surface area contributed by atoms with Crippen LogP contribution in [0, 0.1) is 0 Å². The molecule has 1 aromatic rings. The molecule has 1 aliphatic rings. The van der Waals surface area contributed by atoms with Crippen LogP contribution >= 0.6 is 0 Å². The van der Waals surface area contributed by atoms with E-state index >= 15 is 0 Å². The number of rotatable bonds is 3. The number of benzene rings is 1. The van der Waals surface area contributed by atoms with E-state index in [2.05, 4.69) is 40.5 Å². The van der Waals surface area contributed by atoms with Crippen molar-refractivity contribution < 1.29 is 19.8 Å². The zero-order valence-electron chi connectivity index (χ0n) is 11.0. The molecule has 1 aromatic carbocycles. The number of hydrogen-bond donors (Lipinski definition) is 3. The van der Waals surface area contributed by atoms with Gasteiger partial charge in [-0.05, 0) is 12.1 Å². The molecule has 6 nitrogen and oxygen atoms in total. The number of piperazine rings is 1. The highest BCUT2D eigenvalue weighted by atomic mass is 16.4. The van der Waals surface area contributed by atoms with Gasteiger partial charge in [-0.15, -0.1) is 0 Å². The lowest BCUT2D eigenvalue weighted by atomic mass is 10.2. The van der Waals surface area contributed by atoms with Gasteiger partial charge < -0.3 is 20.4 Å². The molecule has 0 atom stereocenters. The standard InChI is InChI=1S/C10H14N2.C4H4O4/c1-2-4-10(5-3-1)12-8-6-11-7-9-12;5-3(6)1-2-4(7)8/h1-5,11H,6-9H2;1-2H,(H,5,6)(H,7,8)/b;2-1+. The summed E-state index contributed by atoms with van der Waals surface area (Å²) in [5.41, 5.74) is 1.35. The molecule has 2 rings (SSSR count). The Hall–Kier alpha value is -2.34. The number of carboxylic acid groups (broad SMARTS) is 2. The lowest BCUT2D eigenvalue weighted by Gasteiger charge is -2.29. The topological polar surface area (TPSA) is 89.9 Å². The Balaban J connectivity index is 0.000000221. The minimum absolute atomic E-state index is 0.558. The van der Waals surface area contributed by atoms with E-state index in [0.29, 0.717) is 12.2 Å². The SMILES string of the molecule is O=C(O)/C=C/C(=O)O.c1ccc(N2CCNCC2)cc1. The maximum Gasteiger partial charge on any atom is 0.328 e. The molecule has 0 radical (unpaired) electrons. The van der Waals surface area contributed by atoms with Crippen LogP contribution in [0.5, 0.6) is 0 Å². The van der Waals surface area contributed by atoms with E-state index < -0.39 is 11.9 Å². The summed E-state index contributed by atoms with van der Waals surface area (Å²) in [6.45, 7) is 4.47. The minimum Gasteiger partial charge on any atom is -0.478 e. The third-order valence-electron chi connectivity index (χ3n) is 2.61. The smallest absolute Gasteiger partial charge is 0.328 e. The van der Waals surface area contributed by atoms with Crippen LogP contribution in [0.25, 0.3) is 0 Å². The first-order valence-corrected chi connectivity index (χ1v) is 6.24. The van der Waals surface area contributed by atoms with E-state index in [1.165, 1.54) is 5.69 Å². The van der Waals surface area contributed by atoms with E-state index in [4.69, 9.17) is 10.2 Å². The molecule has 0 aromatic heterocycles. The molecule has 1 aliphatic heterocycles. The Morgan fingerprint density at radius 3 is 1.95 bits per heavy atom.